The van der Waals surface area contributed by atoms with E-state index in [0.29, 0.717) is 9.50 Å². The number of alkyl halides is 3. The first-order valence-electron chi connectivity index (χ1n) is 4.65. The van der Waals surface area contributed by atoms with Crippen LogP contribution in [0.15, 0.2) is 22.7 Å². The van der Waals surface area contributed by atoms with Gasteiger partial charge in [-0.05, 0) is 34.1 Å². The lowest BCUT2D eigenvalue weighted by Gasteiger charge is -2.19. The molecule has 2 nitrogen and oxygen atoms in total. The van der Waals surface area contributed by atoms with Crippen LogP contribution in [-0.4, -0.2) is 17.8 Å². The van der Waals surface area contributed by atoms with Gasteiger partial charge in [0.15, 0.2) is 0 Å². The molecule has 2 N–H and O–H groups in total. The van der Waals surface area contributed by atoms with Crippen LogP contribution in [0.2, 0.25) is 5.02 Å². The Morgan fingerprint density at radius 1 is 1.50 bits per heavy atom. The molecule has 1 aromatic rings. The molecule has 0 spiro atoms. The van der Waals surface area contributed by atoms with Gasteiger partial charge in [-0.1, -0.05) is 23.8 Å². The first-order chi connectivity index (χ1) is 8.21. The van der Waals surface area contributed by atoms with Crippen LogP contribution in [0.4, 0.5) is 13.2 Å². The van der Waals surface area contributed by atoms with Gasteiger partial charge in [-0.25, -0.2) is 0 Å². The Morgan fingerprint density at radius 3 is 2.56 bits per heavy atom. The molecule has 0 fully saturated rings. The van der Waals surface area contributed by atoms with Gasteiger partial charge in [0, 0.05) is 5.02 Å². The van der Waals surface area contributed by atoms with Crippen molar-refractivity contribution in [2.45, 2.75) is 6.18 Å². The molecule has 0 saturated heterocycles. The van der Waals surface area contributed by atoms with Crippen LogP contribution in [-0.2, 0) is 0 Å². The maximum atomic E-state index is 12.6. The quantitative estimate of drug-likeness (QED) is 0.824. The molecule has 100 valence electrons. The molecule has 18 heavy (non-hydrogen) atoms. The number of rotatable bonds is 4. The third kappa shape index (κ3) is 4.29. The molecule has 0 amide bonds. The van der Waals surface area contributed by atoms with Crippen molar-refractivity contribution in [2.24, 2.45) is 11.7 Å². The summed E-state index contributed by atoms with van der Waals surface area (Å²) in [5, 5.41) is 0.441. The second-order valence-electron chi connectivity index (χ2n) is 3.38. The van der Waals surface area contributed by atoms with Crippen molar-refractivity contribution in [3.8, 4) is 5.75 Å². The summed E-state index contributed by atoms with van der Waals surface area (Å²) in [7, 11) is 0. The summed E-state index contributed by atoms with van der Waals surface area (Å²) in [4.78, 5) is -0.646. The number of thiocarbonyl (C=S) groups is 1. The molecule has 0 aromatic heterocycles. The zero-order chi connectivity index (χ0) is 13.9. The number of nitrogens with two attached hydrogens (primary N) is 1. The molecule has 1 rings (SSSR count). The average molecular weight is 363 g/mol. The van der Waals surface area contributed by atoms with Gasteiger partial charge in [0.1, 0.15) is 18.3 Å². The van der Waals surface area contributed by atoms with E-state index in [-0.39, 0.29) is 5.75 Å². The van der Waals surface area contributed by atoms with Gasteiger partial charge in [0.25, 0.3) is 0 Å². The van der Waals surface area contributed by atoms with Crippen molar-refractivity contribution in [1.29, 1.82) is 0 Å². The second-order valence-corrected chi connectivity index (χ2v) is 5.14. The van der Waals surface area contributed by atoms with Crippen LogP contribution < -0.4 is 10.5 Å². The van der Waals surface area contributed by atoms with Crippen LogP contribution in [0.1, 0.15) is 0 Å². The third-order valence-corrected chi connectivity index (χ3v) is 3.18. The van der Waals surface area contributed by atoms with E-state index in [1.807, 2.05) is 0 Å². The minimum absolute atomic E-state index is 0.241. The van der Waals surface area contributed by atoms with E-state index in [0.717, 1.165) is 0 Å². The van der Waals surface area contributed by atoms with Gasteiger partial charge < -0.3 is 10.5 Å². The second kappa shape index (κ2) is 6.08. The van der Waals surface area contributed by atoms with Crippen LogP contribution in [0, 0.1) is 5.92 Å². The van der Waals surface area contributed by atoms with E-state index >= 15 is 0 Å². The molecule has 1 unspecified atom stereocenters. The topological polar surface area (TPSA) is 35.2 Å². The Kier molecular flexibility index (Phi) is 5.24. The number of hydrogen-bond acceptors (Lipinski definition) is 2. The van der Waals surface area contributed by atoms with Crippen molar-refractivity contribution in [3.63, 3.8) is 0 Å². The number of benzene rings is 1. The molecular formula is C10H8BrClF3NOS. The molecule has 0 heterocycles. The highest BCUT2D eigenvalue weighted by Gasteiger charge is 2.42. The summed E-state index contributed by atoms with van der Waals surface area (Å²) in [5.41, 5.74) is 5.05. The summed E-state index contributed by atoms with van der Waals surface area (Å²) in [5.74, 6) is -1.74. The predicted octanol–water partition coefficient (Wildman–Crippen LogP) is 3.95. The zero-order valence-electron chi connectivity index (χ0n) is 8.80. The SMILES string of the molecule is NC(=S)C(COc1ccc(Cl)cc1Br)C(F)(F)F. The van der Waals surface area contributed by atoms with E-state index in [1.54, 1.807) is 0 Å². The molecule has 8 heteroatoms. The van der Waals surface area contributed by atoms with Gasteiger partial charge in [0.05, 0.1) is 9.46 Å². The van der Waals surface area contributed by atoms with E-state index in [9.17, 15) is 13.2 Å². The summed E-state index contributed by atoms with van der Waals surface area (Å²) in [6, 6.07) is 4.48. The van der Waals surface area contributed by atoms with Crippen LogP contribution in [0.3, 0.4) is 0 Å². The standard InChI is InChI=1S/C10H8BrClF3NOS/c11-7-3-5(12)1-2-8(7)17-4-6(9(16)18)10(13,14)15/h1-3,6H,4H2,(H2,16,18). The van der Waals surface area contributed by atoms with Crippen molar-refractivity contribution in [1.82, 2.24) is 0 Å². The van der Waals surface area contributed by atoms with E-state index in [4.69, 9.17) is 22.1 Å². The molecule has 0 saturated carbocycles. The number of hydrogen-bond donors (Lipinski definition) is 1. The fraction of sp³-hybridized carbons (Fsp3) is 0.300. The van der Waals surface area contributed by atoms with Gasteiger partial charge in [-0.15, -0.1) is 0 Å². The summed E-state index contributed by atoms with van der Waals surface area (Å²) >= 11 is 13.2. The normalized spacial score (nSPS) is 13.2. The monoisotopic (exact) mass is 361 g/mol. The lowest BCUT2D eigenvalue weighted by molar-refractivity contribution is -0.161. The third-order valence-electron chi connectivity index (χ3n) is 2.04. The average Bonchev–Trinajstić information content (AvgIpc) is 2.18. The highest BCUT2D eigenvalue weighted by atomic mass is 79.9. The summed E-state index contributed by atoms with van der Waals surface area (Å²) < 4.78 is 43.2. The molecule has 0 aliphatic heterocycles. The van der Waals surface area contributed by atoms with Crippen LogP contribution in [0.5, 0.6) is 5.75 Å². The molecule has 0 bridgehead atoms. The molecular weight excluding hydrogens is 355 g/mol. The maximum Gasteiger partial charge on any atom is 0.401 e. The maximum absolute atomic E-state index is 12.6. The first-order valence-corrected chi connectivity index (χ1v) is 6.23. The highest BCUT2D eigenvalue weighted by molar-refractivity contribution is 9.10. The highest BCUT2D eigenvalue weighted by Crippen LogP contribution is 2.31. The van der Waals surface area contributed by atoms with Crippen molar-refractivity contribution < 1.29 is 17.9 Å². The molecule has 0 radical (unpaired) electrons. The fourth-order valence-electron chi connectivity index (χ4n) is 1.10. The van der Waals surface area contributed by atoms with E-state index in [2.05, 4.69) is 28.1 Å². The smallest absolute Gasteiger partial charge is 0.401 e. The first kappa shape index (κ1) is 15.5. The van der Waals surface area contributed by atoms with E-state index < -0.39 is 23.7 Å². The Balaban J connectivity index is 2.77. The largest absolute Gasteiger partial charge is 0.491 e. The number of halogens is 5. The van der Waals surface area contributed by atoms with E-state index in [1.165, 1.54) is 18.2 Å². The molecule has 0 aliphatic rings. The predicted molar refractivity (Wildman–Crippen MR) is 71.0 cm³/mol. The summed E-state index contributed by atoms with van der Waals surface area (Å²) in [6.45, 7) is -0.668. The minimum atomic E-state index is -4.52. The van der Waals surface area contributed by atoms with Gasteiger partial charge in [-0.3, -0.25) is 0 Å². The Bertz CT molecular complexity index is 455. The molecule has 0 aliphatic carbocycles. The van der Waals surface area contributed by atoms with Gasteiger partial charge in [-0.2, -0.15) is 13.2 Å². The van der Waals surface area contributed by atoms with Gasteiger partial charge >= 0.3 is 6.18 Å². The van der Waals surface area contributed by atoms with Gasteiger partial charge in [0.2, 0.25) is 0 Å². The fourth-order valence-corrected chi connectivity index (χ4v) is 2.10. The van der Waals surface area contributed by atoms with Crippen molar-refractivity contribution in [2.75, 3.05) is 6.61 Å². The Hall–Kier alpha value is -0.530. The molecule has 1 atom stereocenters. The van der Waals surface area contributed by atoms with Crippen LogP contribution in [0.25, 0.3) is 0 Å². The van der Waals surface area contributed by atoms with Crippen molar-refractivity contribution in [3.05, 3.63) is 27.7 Å². The lowest BCUT2D eigenvalue weighted by atomic mass is 10.1. The Morgan fingerprint density at radius 2 is 2.11 bits per heavy atom. The minimum Gasteiger partial charge on any atom is -0.491 e. The lowest BCUT2D eigenvalue weighted by Crippen LogP contribution is -2.38. The Labute approximate surface area is 120 Å². The number of ether oxygens (including phenoxy) is 1. The van der Waals surface area contributed by atoms with Crippen molar-refractivity contribution >= 4 is 44.7 Å². The molecule has 1 aromatic carbocycles. The zero-order valence-corrected chi connectivity index (χ0v) is 12.0. The van der Waals surface area contributed by atoms with Crippen LogP contribution >= 0.6 is 39.7 Å². The summed E-state index contributed by atoms with van der Waals surface area (Å²) in [6.07, 6.45) is -4.52.